The zero-order chi connectivity index (χ0) is 9.26. The molecular formula is C10H14N2O. The Labute approximate surface area is 77.7 Å². The van der Waals surface area contributed by atoms with E-state index < -0.39 is 0 Å². The maximum atomic E-state index is 11.4. The standard InChI is InChI=1S/C10H14N2O/c1-12-5-4-9(11-12)7-10(13)6-8-2-3-8/h4-5,8H,2-3,6-7H2,1H3. The number of ketones is 1. The van der Waals surface area contributed by atoms with Crippen molar-refractivity contribution in [1.29, 1.82) is 0 Å². The molecule has 1 aromatic heterocycles. The lowest BCUT2D eigenvalue weighted by molar-refractivity contribution is -0.118. The minimum atomic E-state index is 0.334. The van der Waals surface area contributed by atoms with Gasteiger partial charge in [0.25, 0.3) is 0 Å². The molecule has 0 amide bonds. The Hall–Kier alpha value is -1.12. The van der Waals surface area contributed by atoms with E-state index in [0.717, 1.165) is 12.1 Å². The van der Waals surface area contributed by atoms with Crippen LogP contribution in [0.15, 0.2) is 12.3 Å². The quantitative estimate of drug-likeness (QED) is 0.697. The lowest BCUT2D eigenvalue weighted by Crippen LogP contribution is -2.04. The minimum absolute atomic E-state index is 0.334. The average molecular weight is 178 g/mol. The molecule has 70 valence electrons. The Balaban J connectivity index is 1.85. The Kier molecular flexibility index (Phi) is 2.17. The van der Waals surface area contributed by atoms with E-state index in [9.17, 15) is 4.79 Å². The summed E-state index contributed by atoms with van der Waals surface area (Å²) >= 11 is 0. The van der Waals surface area contributed by atoms with Gasteiger partial charge in [0.15, 0.2) is 0 Å². The smallest absolute Gasteiger partial charge is 0.139 e. The molecule has 0 unspecified atom stereocenters. The fraction of sp³-hybridized carbons (Fsp3) is 0.600. The number of hydrogen-bond donors (Lipinski definition) is 0. The number of nitrogens with zero attached hydrogens (tertiary/aromatic N) is 2. The molecule has 0 aliphatic heterocycles. The number of rotatable bonds is 4. The van der Waals surface area contributed by atoms with Crippen LogP contribution in [0.25, 0.3) is 0 Å². The molecule has 1 aliphatic rings. The highest BCUT2D eigenvalue weighted by molar-refractivity contribution is 5.80. The summed E-state index contributed by atoms with van der Waals surface area (Å²) in [6.45, 7) is 0. The molecule has 0 aromatic carbocycles. The predicted octanol–water partition coefficient (Wildman–Crippen LogP) is 1.33. The molecule has 3 heteroatoms. The van der Waals surface area contributed by atoms with Crippen LogP contribution in [0.1, 0.15) is 25.0 Å². The van der Waals surface area contributed by atoms with Gasteiger partial charge in [-0.3, -0.25) is 9.48 Å². The van der Waals surface area contributed by atoms with Crippen molar-refractivity contribution in [1.82, 2.24) is 9.78 Å². The van der Waals surface area contributed by atoms with E-state index in [0.29, 0.717) is 18.1 Å². The first-order chi connectivity index (χ1) is 6.24. The van der Waals surface area contributed by atoms with Crippen LogP contribution >= 0.6 is 0 Å². The summed E-state index contributed by atoms with van der Waals surface area (Å²) in [7, 11) is 1.87. The number of Topliss-reactive ketones (excluding diaryl/α,β-unsaturated/α-hetero) is 1. The molecule has 13 heavy (non-hydrogen) atoms. The summed E-state index contributed by atoms with van der Waals surface area (Å²) in [6.07, 6.45) is 5.63. The lowest BCUT2D eigenvalue weighted by atomic mass is 10.1. The summed E-state index contributed by atoms with van der Waals surface area (Å²) in [5.74, 6) is 1.03. The molecule has 1 aliphatic carbocycles. The van der Waals surface area contributed by atoms with E-state index in [1.165, 1.54) is 12.8 Å². The van der Waals surface area contributed by atoms with Crippen LogP contribution in [0.4, 0.5) is 0 Å². The van der Waals surface area contributed by atoms with E-state index >= 15 is 0 Å². The Morgan fingerprint density at radius 1 is 1.69 bits per heavy atom. The normalized spacial score (nSPS) is 16.1. The van der Waals surface area contributed by atoms with E-state index in [-0.39, 0.29) is 0 Å². The lowest BCUT2D eigenvalue weighted by Gasteiger charge is -1.95. The molecule has 0 bridgehead atoms. The molecule has 0 atom stereocenters. The monoisotopic (exact) mass is 178 g/mol. The highest BCUT2D eigenvalue weighted by Gasteiger charge is 2.24. The van der Waals surface area contributed by atoms with Crippen molar-refractivity contribution in [3.8, 4) is 0 Å². The van der Waals surface area contributed by atoms with Gasteiger partial charge in [0.2, 0.25) is 0 Å². The fourth-order valence-corrected chi connectivity index (χ4v) is 1.48. The third-order valence-electron chi connectivity index (χ3n) is 2.36. The van der Waals surface area contributed by atoms with Crippen LogP contribution in [0, 0.1) is 5.92 Å². The topological polar surface area (TPSA) is 34.9 Å². The number of carbonyl (C=O) groups is 1. The van der Waals surface area contributed by atoms with Crippen LogP contribution in [-0.4, -0.2) is 15.6 Å². The van der Waals surface area contributed by atoms with Crippen molar-refractivity contribution in [3.63, 3.8) is 0 Å². The predicted molar refractivity (Wildman–Crippen MR) is 49.3 cm³/mol. The van der Waals surface area contributed by atoms with Crippen LogP contribution in [0.3, 0.4) is 0 Å². The second-order valence-electron chi connectivity index (χ2n) is 3.84. The van der Waals surface area contributed by atoms with Gasteiger partial charge in [0.1, 0.15) is 5.78 Å². The fourth-order valence-electron chi connectivity index (χ4n) is 1.48. The largest absolute Gasteiger partial charge is 0.299 e. The van der Waals surface area contributed by atoms with Crippen molar-refractivity contribution in [2.75, 3.05) is 0 Å². The molecule has 1 heterocycles. The van der Waals surface area contributed by atoms with Gasteiger partial charge < -0.3 is 0 Å². The second-order valence-corrected chi connectivity index (χ2v) is 3.84. The maximum absolute atomic E-state index is 11.4. The van der Waals surface area contributed by atoms with E-state index in [2.05, 4.69) is 5.10 Å². The first-order valence-corrected chi connectivity index (χ1v) is 4.74. The molecule has 3 nitrogen and oxygen atoms in total. The highest BCUT2D eigenvalue weighted by Crippen LogP contribution is 2.32. The molecule has 0 radical (unpaired) electrons. The van der Waals surface area contributed by atoms with E-state index in [4.69, 9.17) is 0 Å². The Bertz CT molecular complexity index is 312. The average Bonchev–Trinajstić information content (AvgIpc) is 2.76. The van der Waals surface area contributed by atoms with Crippen molar-refractivity contribution in [3.05, 3.63) is 18.0 Å². The molecule has 0 saturated heterocycles. The molecule has 1 fully saturated rings. The number of hydrogen-bond acceptors (Lipinski definition) is 2. The van der Waals surface area contributed by atoms with E-state index in [1.807, 2.05) is 19.3 Å². The van der Waals surface area contributed by atoms with Crippen molar-refractivity contribution in [2.24, 2.45) is 13.0 Å². The highest BCUT2D eigenvalue weighted by atomic mass is 16.1. The van der Waals surface area contributed by atoms with Crippen LogP contribution in [0.5, 0.6) is 0 Å². The molecule has 2 rings (SSSR count). The first-order valence-electron chi connectivity index (χ1n) is 4.74. The molecule has 1 saturated carbocycles. The SMILES string of the molecule is Cn1ccc(CC(=O)CC2CC2)n1. The van der Waals surface area contributed by atoms with Crippen LogP contribution < -0.4 is 0 Å². The number of aryl methyl sites for hydroxylation is 1. The van der Waals surface area contributed by atoms with Crippen molar-refractivity contribution < 1.29 is 4.79 Å². The summed E-state index contributed by atoms with van der Waals surface area (Å²) in [5.41, 5.74) is 0.896. The summed E-state index contributed by atoms with van der Waals surface area (Å²) in [5, 5.41) is 4.17. The molecule has 1 aromatic rings. The van der Waals surface area contributed by atoms with Gasteiger partial charge >= 0.3 is 0 Å². The van der Waals surface area contributed by atoms with Crippen molar-refractivity contribution >= 4 is 5.78 Å². The van der Waals surface area contributed by atoms with Gasteiger partial charge in [-0.1, -0.05) is 0 Å². The summed E-state index contributed by atoms with van der Waals surface area (Å²) in [6, 6.07) is 1.91. The minimum Gasteiger partial charge on any atom is -0.299 e. The van der Waals surface area contributed by atoms with Gasteiger partial charge in [-0.25, -0.2) is 0 Å². The maximum Gasteiger partial charge on any atom is 0.139 e. The zero-order valence-electron chi connectivity index (χ0n) is 7.86. The summed E-state index contributed by atoms with van der Waals surface area (Å²) < 4.78 is 1.74. The Morgan fingerprint density at radius 3 is 3.00 bits per heavy atom. The van der Waals surface area contributed by atoms with Gasteiger partial charge in [-0.05, 0) is 24.8 Å². The van der Waals surface area contributed by atoms with Gasteiger partial charge in [-0.2, -0.15) is 5.10 Å². The second kappa shape index (κ2) is 3.32. The Morgan fingerprint density at radius 2 is 2.46 bits per heavy atom. The van der Waals surface area contributed by atoms with Gasteiger partial charge in [0, 0.05) is 19.7 Å². The molecule has 0 spiro atoms. The first kappa shape index (κ1) is 8.48. The third-order valence-corrected chi connectivity index (χ3v) is 2.36. The summed E-state index contributed by atoms with van der Waals surface area (Å²) in [4.78, 5) is 11.4. The number of aromatic nitrogens is 2. The zero-order valence-corrected chi connectivity index (χ0v) is 7.86. The van der Waals surface area contributed by atoms with Crippen molar-refractivity contribution in [2.45, 2.75) is 25.7 Å². The van der Waals surface area contributed by atoms with Gasteiger partial charge in [-0.15, -0.1) is 0 Å². The van der Waals surface area contributed by atoms with Crippen LogP contribution in [0.2, 0.25) is 0 Å². The van der Waals surface area contributed by atoms with Crippen LogP contribution in [-0.2, 0) is 18.3 Å². The third kappa shape index (κ3) is 2.41. The molecular weight excluding hydrogens is 164 g/mol. The number of carbonyl (C=O) groups excluding carboxylic acids is 1. The van der Waals surface area contributed by atoms with Gasteiger partial charge in [0.05, 0.1) is 12.1 Å². The van der Waals surface area contributed by atoms with E-state index in [1.54, 1.807) is 4.68 Å². The molecule has 0 N–H and O–H groups in total.